The average Bonchev–Trinajstić information content (AvgIpc) is 2.43. The van der Waals surface area contributed by atoms with E-state index in [-0.39, 0.29) is 12.1 Å². The second-order valence-electron chi connectivity index (χ2n) is 6.28. The molecule has 112 valence electrons. The zero-order valence-corrected chi connectivity index (χ0v) is 13.2. The van der Waals surface area contributed by atoms with Crippen molar-refractivity contribution in [2.75, 3.05) is 19.7 Å². The van der Waals surface area contributed by atoms with E-state index in [0.29, 0.717) is 6.04 Å². The summed E-state index contributed by atoms with van der Waals surface area (Å²) in [6.45, 7) is 11.5. The molecule has 1 saturated heterocycles. The summed E-state index contributed by atoms with van der Waals surface area (Å²) in [7, 11) is 0. The number of morpholine rings is 1. The highest BCUT2D eigenvalue weighted by molar-refractivity contribution is 5.30. The van der Waals surface area contributed by atoms with Crippen LogP contribution in [-0.2, 0) is 11.2 Å². The summed E-state index contributed by atoms with van der Waals surface area (Å²) < 4.78 is 5.88. The molecule has 2 N–H and O–H groups in total. The second kappa shape index (κ2) is 6.70. The summed E-state index contributed by atoms with van der Waals surface area (Å²) in [6, 6.07) is 7.25. The smallest absolute Gasteiger partial charge is 0.0856 e. The van der Waals surface area contributed by atoms with E-state index < -0.39 is 0 Å². The molecule has 3 heteroatoms. The van der Waals surface area contributed by atoms with Crippen molar-refractivity contribution >= 4 is 0 Å². The highest BCUT2D eigenvalue weighted by Gasteiger charge is 2.27. The number of hydrogen-bond donors (Lipinski definition) is 1. The van der Waals surface area contributed by atoms with Crippen LogP contribution in [0.25, 0.3) is 0 Å². The fraction of sp³-hybridized carbons (Fsp3) is 0.647. The average molecular weight is 276 g/mol. The third-order valence-corrected chi connectivity index (χ3v) is 4.38. The normalized spacial score (nSPS) is 22.2. The van der Waals surface area contributed by atoms with Gasteiger partial charge in [0.15, 0.2) is 0 Å². The van der Waals surface area contributed by atoms with Gasteiger partial charge in [0.1, 0.15) is 0 Å². The molecular weight excluding hydrogens is 248 g/mol. The van der Waals surface area contributed by atoms with Gasteiger partial charge in [0.05, 0.1) is 12.7 Å². The molecule has 0 spiro atoms. The van der Waals surface area contributed by atoms with Crippen molar-refractivity contribution in [2.45, 2.75) is 52.3 Å². The van der Waals surface area contributed by atoms with E-state index in [2.05, 4.69) is 50.8 Å². The molecular formula is C17H28N2O. The molecule has 2 rings (SSSR count). The van der Waals surface area contributed by atoms with E-state index >= 15 is 0 Å². The minimum absolute atomic E-state index is 0.0682. The Morgan fingerprint density at radius 1 is 1.30 bits per heavy atom. The molecule has 1 heterocycles. The Hall–Kier alpha value is -0.900. The Labute approximate surface area is 123 Å². The highest BCUT2D eigenvalue weighted by atomic mass is 16.5. The lowest BCUT2D eigenvalue weighted by molar-refractivity contribution is -0.0495. The molecule has 20 heavy (non-hydrogen) atoms. The maximum atomic E-state index is 6.38. The monoisotopic (exact) mass is 276 g/mol. The fourth-order valence-corrected chi connectivity index (χ4v) is 2.76. The van der Waals surface area contributed by atoms with Crippen molar-refractivity contribution < 1.29 is 4.74 Å². The predicted octanol–water partition coefficient (Wildman–Crippen LogP) is 2.28. The van der Waals surface area contributed by atoms with Gasteiger partial charge in [-0.15, -0.1) is 0 Å². The zero-order chi connectivity index (χ0) is 14.7. The van der Waals surface area contributed by atoms with Gasteiger partial charge in [-0.3, -0.25) is 4.90 Å². The van der Waals surface area contributed by atoms with Gasteiger partial charge in [-0.05, 0) is 50.8 Å². The maximum absolute atomic E-state index is 6.38. The maximum Gasteiger partial charge on any atom is 0.0856 e. The van der Waals surface area contributed by atoms with Crippen LogP contribution in [0.4, 0.5) is 0 Å². The number of hydrogen-bond acceptors (Lipinski definition) is 3. The van der Waals surface area contributed by atoms with Crippen molar-refractivity contribution in [3.05, 3.63) is 34.9 Å². The van der Waals surface area contributed by atoms with Gasteiger partial charge in [0.25, 0.3) is 0 Å². The van der Waals surface area contributed by atoms with E-state index in [1.54, 1.807) is 0 Å². The van der Waals surface area contributed by atoms with Gasteiger partial charge in [0, 0.05) is 25.2 Å². The largest absolute Gasteiger partial charge is 0.374 e. The van der Waals surface area contributed by atoms with E-state index in [0.717, 1.165) is 26.1 Å². The number of nitrogens with zero attached hydrogens (tertiary/aromatic N) is 1. The van der Waals surface area contributed by atoms with E-state index in [9.17, 15) is 0 Å². The van der Waals surface area contributed by atoms with E-state index in [1.807, 2.05) is 0 Å². The van der Waals surface area contributed by atoms with Crippen LogP contribution in [0.5, 0.6) is 0 Å². The number of aryl methyl sites for hydroxylation is 2. The summed E-state index contributed by atoms with van der Waals surface area (Å²) in [6.07, 6.45) is 1.03. The highest BCUT2D eigenvalue weighted by Crippen LogP contribution is 2.16. The molecule has 1 aliphatic heterocycles. The lowest BCUT2D eigenvalue weighted by atomic mass is 9.97. The standard InChI is InChI=1S/C17H28N2O/c1-12(2)19-7-8-20-17(11-19)16(18)10-15-6-5-13(3)14(4)9-15/h5-6,9,12,16-17H,7-8,10-11,18H2,1-4H3. The summed E-state index contributed by atoms with van der Waals surface area (Å²) in [5, 5.41) is 0. The van der Waals surface area contributed by atoms with Crippen LogP contribution in [0.1, 0.15) is 30.5 Å². The molecule has 0 aliphatic carbocycles. The van der Waals surface area contributed by atoms with Crippen LogP contribution in [-0.4, -0.2) is 42.8 Å². The quantitative estimate of drug-likeness (QED) is 0.917. The predicted molar refractivity (Wildman–Crippen MR) is 84.0 cm³/mol. The van der Waals surface area contributed by atoms with Gasteiger partial charge in [-0.25, -0.2) is 0 Å². The molecule has 1 aromatic rings. The van der Waals surface area contributed by atoms with Crippen LogP contribution < -0.4 is 5.73 Å². The van der Waals surface area contributed by atoms with Crippen LogP contribution in [0.2, 0.25) is 0 Å². The Kier molecular flexibility index (Phi) is 5.19. The van der Waals surface area contributed by atoms with Crippen molar-refractivity contribution in [2.24, 2.45) is 5.73 Å². The Balaban J connectivity index is 1.96. The van der Waals surface area contributed by atoms with Crippen LogP contribution in [0.3, 0.4) is 0 Å². The SMILES string of the molecule is Cc1ccc(CC(N)C2CN(C(C)C)CCO2)cc1C. The summed E-state index contributed by atoms with van der Waals surface area (Å²) >= 11 is 0. The first-order chi connectivity index (χ1) is 9.47. The summed E-state index contributed by atoms with van der Waals surface area (Å²) in [4.78, 5) is 2.45. The van der Waals surface area contributed by atoms with Crippen molar-refractivity contribution in [1.82, 2.24) is 4.90 Å². The Morgan fingerprint density at radius 2 is 2.05 bits per heavy atom. The first-order valence-electron chi connectivity index (χ1n) is 7.64. The summed E-state index contributed by atoms with van der Waals surface area (Å²) in [5.74, 6) is 0. The zero-order valence-electron chi connectivity index (χ0n) is 13.2. The Bertz CT molecular complexity index is 445. The van der Waals surface area contributed by atoms with Gasteiger partial charge in [0.2, 0.25) is 0 Å². The number of rotatable bonds is 4. The number of ether oxygens (including phenoxy) is 1. The van der Waals surface area contributed by atoms with Crippen LogP contribution in [0.15, 0.2) is 18.2 Å². The van der Waals surface area contributed by atoms with E-state index in [1.165, 1.54) is 16.7 Å². The van der Waals surface area contributed by atoms with Crippen LogP contribution in [0, 0.1) is 13.8 Å². The first-order valence-corrected chi connectivity index (χ1v) is 7.64. The topological polar surface area (TPSA) is 38.5 Å². The van der Waals surface area contributed by atoms with Gasteiger partial charge in [-0.2, -0.15) is 0 Å². The molecule has 0 aromatic heterocycles. The first kappa shape index (κ1) is 15.5. The van der Waals surface area contributed by atoms with Crippen LogP contribution >= 0.6 is 0 Å². The summed E-state index contributed by atoms with van der Waals surface area (Å²) in [5.41, 5.74) is 10.4. The lowest BCUT2D eigenvalue weighted by Gasteiger charge is -2.38. The molecule has 2 unspecified atom stereocenters. The van der Waals surface area contributed by atoms with Crippen molar-refractivity contribution in [3.63, 3.8) is 0 Å². The van der Waals surface area contributed by atoms with Gasteiger partial charge >= 0.3 is 0 Å². The molecule has 1 fully saturated rings. The fourth-order valence-electron chi connectivity index (χ4n) is 2.76. The van der Waals surface area contributed by atoms with Crippen molar-refractivity contribution in [1.29, 1.82) is 0 Å². The molecule has 2 atom stereocenters. The van der Waals surface area contributed by atoms with E-state index in [4.69, 9.17) is 10.5 Å². The van der Waals surface area contributed by atoms with Crippen molar-refractivity contribution in [3.8, 4) is 0 Å². The molecule has 0 amide bonds. The molecule has 0 bridgehead atoms. The second-order valence-corrected chi connectivity index (χ2v) is 6.28. The lowest BCUT2D eigenvalue weighted by Crippen LogP contribution is -2.53. The van der Waals surface area contributed by atoms with Gasteiger partial charge < -0.3 is 10.5 Å². The number of benzene rings is 1. The molecule has 0 radical (unpaired) electrons. The number of nitrogens with two attached hydrogens (primary N) is 1. The minimum atomic E-state index is 0.0682. The molecule has 0 saturated carbocycles. The molecule has 1 aliphatic rings. The molecule has 1 aromatic carbocycles. The molecule has 3 nitrogen and oxygen atoms in total. The Morgan fingerprint density at radius 3 is 2.70 bits per heavy atom. The van der Waals surface area contributed by atoms with Gasteiger partial charge in [-0.1, -0.05) is 18.2 Å². The third-order valence-electron chi connectivity index (χ3n) is 4.38. The minimum Gasteiger partial charge on any atom is -0.374 e. The third kappa shape index (κ3) is 3.81.